The maximum atomic E-state index is 9.50. The third-order valence-corrected chi connectivity index (χ3v) is 4.28. The molecule has 1 N–H and O–H groups in total. The molecule has 1 fully saturated rings. The standard InChI is InChI=1S/C18H26N2O/c1-4-18(13-19,20-16-9-10-16)11-6-12-21-17-14(2)7-5-8-15(17)3/h5,7-8,16,20H,4,6,9-12H2,1-3H3. The molecule has 114 valence electrons. The smallest absolute Gasteiger partial charge is 0.125 e. The Bertz CT molecular complexity index is 496. The van der Waals surface area contributed by atoms with Crippen molar-refractivity contribution in [3.8, 4) is 11.8 Å². The average Bonchev–Trinajstić information content (AvgIpc) is 3.28. The summed E-state index contributed by atoms with van der Waals surface area (Å²) in [5.74, 6) is 0.992. The number of benzene rings is 1. The van der Waals surface area contributed by atoms with Crippen LogP contribution in [0.25, 0.3) is 0 Å². The van der Waals surface area contributed by atoms with E-state index in [0.717, 1.165) is 25.0 Å². The second-order valence-corrected chi connectivity index (χ2v) is 6.14. The fourth-order valence-corrected chi connectivity index (χ4v) is 2.71. The van der Waals surface area contributed by atoms with Crippen molar-refractivity contribution < 1.29 is 4.74 Å². The summed E-state index contributed by atoms with van der Waals surface area (Å²) in [5, 5.41) is 13.0. The SMILES string of the molecule is CCC(C#N)(CCCOc1c(C)cccc1C)NC1CC1. The molecular formula is C18H26N2O. The molecule has 1 atom stereocenters. The zero-order valence-electron chi connectivity index (χ0n) is 13.4. The van der Waals surface area contributed by atoms with Gasteiger partial charge >= 0.3 is 0 Å². The van der Waals surface area contributed by atoms with Gasteiger partial charge in [-0.1, -0.05) is 25.1 Å². The van der Waals surface area contributed by atoms with Gasteiger partial charge in [0.2, 0.25) is 0 Å². The number of nitriles is 1. The van der Waals surface area contributed by atoms with E-state index < -0.39 is 0 Å². The molecule has 2 rings (SSSR count). The molecule has 1 aromatic rings. The van der Waals surface area contributed by atoms with E-state index in [0.29, 0.717) is 12.6 Å². The van der Waals surface area contributed by atoms with E-state index in [4.69, 9.17) is 4.74 Å². The molecule has 1 unspecified atom stereocenters. The van der Waals surface area contributed by atoms with Crippen molar-refractivity contribution in [2.24, 2.45) is 0 Å². The Balaban J connectivity index is 1.84. The van der Waals surface area contributed by atoms with Crippen LogP contribution in [0, 0.1) is 25.2 Å². The molecule has 0 radical (unpaired) electrons. The predicted octanol–water partition coefficient (Wildman–Crippen LogP) is 3.89. The zero-order valence-corrected chi connectivity index (χ0v) is 13.4. The van der Waals surface area contributed by atoms with Crippen LogP contribution in [0.4, 0.5) is 0 Å². The lowest BCUT2D eigenvalue weighted by Crippen LogP contribution is -2.44. The third kappa shape index (κ3) is 4.22. The first-order chi connectivity index (χ1) is 10.1. The van der Waals surface area contributed by atoms with E-state index in [9.17, 15) is 5.26 Å². The van der Waals surface area contributed by atoms with Crippen LogP contribution in [0.15, 0.2) is 18.2 Å². The van der Waals surface area contributed by atoms with Crippen LogP contribution in [0.3, 0.4) is 0 Å². The first-order valence-corrected chi connectivity index (χ1v) is 7.98. The highest BCUT2D eigenvalue weighted by Crippen LogP contribution is 2.27. The minimum atomic E-state index is -0.370. The molecule has 1 aliphatic carbocycles. The second-order valence-electron chi connectivity index (χ2n) is 6.14. The van der Waals surface area contributed by atoms with Gasteiger partial charge in [-0.25, -0.2) is 0 Å². The average molecular weight is 286 g/mol. The Kier molecular flexibility index (Phi) is 5.25. The van der Waals surface area contributed by atoms with Gasteiger partial charge in [0.15, 0.2) is 0 Å². The number of para-hydroxylation sites is 1. The van der Waals surface area contributed by atoms with Crippen LogP contribution >= 0.6 is 0 Å². The predicted molar refractivity (Wildman–Crippen MR) is 85.4 cm³/mol. The minimum Gasteiger partial charge on any atom is -0.493 e. The fourth-order valence-electron chi connectivity index (χ4n) is 2.71. The van der Waals surface area contributed by atoms with Gasteiger partial charge in [-0.2, -0.15) is 5.26 Å². The lowest BCUT2D eigenvalue weighted by molar-refractivity contribution is 0.272. The van der Waals surface area contributed by atoms with Crippen LogP contribution in [0.1, 0.15) is 50.2 Å². The number of ether oxygens (including phenoxy) is 1. The Morgan fingerprint density at radius 2 is 2.00 bits per heavy atom. The topological polar surface area (TPSA) is 45.0 Å². The Labute approximate surface area is 128 Å². The first-order valence-electron chi connectivity index (χ1n) is 7.98. The summed E-state index contributed by atoms with van der Waals surface area (Å²) in [5.41, 5.74) is 1.98. The van der Waals surface area contributed by atoms with E-state index in [1.54, 1.807) is 0 Å². The van der Waals surface area contributed by atoms with Gasteiger partial charge in [-0.3, -0.25) is 5.32 Å². The van der Waals surface area contributed by atoms with E-state index in [1.807, 2.05) is 0 Å². The molecule has 0 spiro atoms. The number of hydrogen-bond acceptors (Lipinski definition) is 3. The van der Waals surface area contributed by atoms with Gasteiger partial charge in [0, 0.05) is 6.04 Å². The summed E-state index contributed by atoms with van der Waals surface area (Å²) in [7, 11) is 0. The van der Waals surface area contributed by atoms with Gasteiger partial charge in [0.05, 0.1) is 12.7 Å². The highest BCUT2D eigenvalue weighted by molar-refractivity contribution is 5.39. The number of aryl methyl sites for hydroxylation is 2. The van der Waals surface area contributed by atoms with Crippen LogP contribution in [0.2, 0.25) is 0 Å². The molecule has 21 heavy (non-hydrogen) atoms. The van der Waals surface area contributed by atoms with Crippen LogP contribution in [0.5, 0.6) is 5.75 Å². The van der Waals surface area contributed by atoms with Crippen molar-refractivity contribution >= 4 is 0 Å². The maximum absolute atomic E-state index is 9.50. The fraction of sp³-hybridized carbons (Fsp3) is 0.611. The molecule has 3 nitrogen and oxygen atoms in total. The van der Waals surface area contributed by atoms with E-state index in [1.165, 1.54) is 24.0 Å². The molecule has 0 saturated heterocycles. The van der Waals surface area contributed by atoms with Gasteiger partial charge in [0.1, 0.15) is 11.3 Å². The van der Waals surface area contributed by atoms with Crippen molar-refractivity contribution in [1.29, 1.82) is 5.26 Å². The van der Waals surface area contributed by atoms with E-state index in [2.05, 4.69) is 50.4 Å². The highest BCUT2D eigenvalue weighted by atomic mass is 16.5. The van der Waals surface area contributed by atoms with Crippen molar-refractivity contribution in [2.75, 3.05) is 6.61 Å². The number of rotatable bonds is 8. The zero-order chi connectivity index (χ0) is 15.3. The summed E-state index contributed by atoms with van der Waals surface area (Å²) < 4.78 is 5.94. The molecule has 3 heteroatoms. The first kappa shape index (κ1) is 15.9. The Hall–Kier alpha value is -1.53. The molecule has 0 heterocycles. The molecule has 1 aliphatic rings. The van der Waals surface area contributed by atoms with Crippen molar-refractivity contribution in [1.82, 2.24) is 5.32 Å². The second kappa shape index (κ2) is 6.95. The van der Waals surface area contributed by atoms with Crippen molar-refractivity contribution in [3.05, 3.63) is 29.3 Å². The lowest BCUT2D eigenvalue weighted by Gasteiger charge is -2.26. The molecule has 0 aliphatic heterocycles. The maximum Gasteiger partial charge on any atom is 0.125 e. The van der Waals surface area contributed by atoms with Crippen LogP contribution < -0.4 is 10.1 Å². The summed E-state index contributed by atoms with van der Waals surface area (Å²) >= 11 is 0. The van der Waals surface area contributed by atoms with E-state index >= 15 is 0 Å². The quantitative estimate of drug-likeness (QED) is 0.737. The van der Waals surface area contributed by atoms with Crippen molar-refractivity contribution in [2.45, 2.75) is 64.5 Å². The largest absolute Gasteiger partial charge is 0.493 e. The molecule has 0 aromatic heterocycles. The van der Waals surface area contributed by atoms with Crippen molar-refractivity contribution in [3.63, 3.8) is 0 Å². The number of nitrogens with one attached hydrogen (secondary N) is 1. The molecular weight excluding hydrogens is 260 g/mol. The van der Waals surface area contributed by atoms with E-state index in [-0.39, 0.29) is 5.54 Å². The van der Waals surface area contributed by atoms with Gasteiger partial charge in [-0.05, 0) is 57.1 Å². The third-order valence-electron chi connectivity index (χ3n) is 4.28. The highest BCUT2D eigenvalue weighted by Gasteiger charge is 2.34. The lowest BCUT2D eigenvalue weighted by atomic mass is 9.92. The van der Waals surface area contributed by atoms with Gasteiger partial charge in [-0.15, -0.1) is 0 Å². The summed E-state index contributed by atoms with van der Waals surface area (Å²) in [4.78, 5) is 0. The molecule has 1 saturated carbocycles. The van der Waals surface area contributed by atoms with Crippen LogP contribution in [-0.4, -0.2) is 18.2 Å². The van der Waals surface area contributed by atoms with Crippen LogP contribution in [-0.2, 0) is 0 Å². The summed E-state index contributed by atoms with van der Waals surface area (Å²) in [6.45, 7) is 6.90. The monoisotopic (exact) mass is 286 g/mol. The molecule has 1 aromatic carbocycles. The molecule has 0 bridgehead atoms. The Morgan fingerprint density at radius 1 is 1.33 bits per heavy atom. The Morgan fingerprint density at radius 3 is 2.52 bits per heavy atom. The minimum absolute atomic E-state index is 0.370. The summed E-state index contributed by atoms with van der Waals surface area (Å²) in [6.07, 6.45) is 5.02. The number of nitrogens with zero attached hydrogens (tertiary/aromatic N) is 1. The number of hydrogen-bond donors (Lipinski definition) is 1. The normalized spacial score (nSPS) is 17.0. The summed E-state index contributed by atoms with van der Waals surface area (Å²) in [6, 6.07) is 9.25. The van der Waals surface area contributed by atoms with Gasteiger partial charge < -0.3 is 4.74 Å². The van der Waals surface area contributed by atoms with Gasteiger partial charge in [0.25, 0.3) is 0 Å². The molecule has 0 amide bonds.